The van der Waals surface area contributed by atoms with Gasteiger partial charge in [0.2, 0.25) is 0 Å². The molecule has 1 aliphatic carbocycles. The number of fused-ring (bicyclic) bond motifs is 1. The molecule has 17 heteroatoms. The average Bonchev–Trinajstić information content (AvgIpc) is 4.06. The molecule has 0 bridgehead atoms. The van der Waals surface area contributed by atoms with Gasteiger partial charge in [0, 0.05) is 62.0 Å². The number of ether oxygens (including phenoxy) is 2. The molecule has 2 aromatic heterocycles. The maximum atomic E-state index is 16.4. The molecule has 1 unspecified atom stereocenters. The van der Waals surface area contributed by atoms with Crippen LogP contribution < -0.4 is 19.7 Å². The first-order valence-corrected chi connectivity index (χ1v) is 24.8. The number of nitrogens with one attached hydrogen (secondary N) is 3. The van der Waals surface area contributed by atoms with E-state index < -0.39 is 37.3 Å². The average molecular weight is 921 g/mol. The van der Waals surface area contributed by atoms with E-state index in [9.17, 15) is 23.3 Å². The van der Waals surface area contributed by atoms with Crippen molar-refractivity contribution in [1.29, 1.82) is 0 Å². The molecule has 2 atom stereocenters. The Labute approximate surface area is 384 Å². The summed E-state index contributed by atoms with van der Waals surface area (Å²) in [5.74, 6) is -0.951. The number of hydrogen-bond acceptors (Lipinski definition) is 12. The second kappa shape index (κ2) is 17.9. The number of nitro groups is 1. The van der Waals surface area contributed by atoms with Crippen LogP contribution in [0.2, 0.25) is 0 Å². The molecule has 3 N–H and O–H groups in total. The van der Waals surface area contributed by atoms with Crippen LogP contribution in [0.1, 0.15) is 92.2 Å². The Morgan fingerprint density at radius 3 is 2.59 bits per heavy atom. The van der Waals surface area contributed by atoms with E-state index >= 15 is 4.39 Å². The molecule has 15 nitrogen and oxygen atoms in total. The standard InChI is InChI=1S/C49H57FN8O7S/c1-31(2)38-6-3-4-7-39(38)43-8-5-16-57(43)34-24-49(25-34)13-18-55(19-14-49)44-23-46(65-36-20-33-11-15-51-47(33)53-27-36)40(22-41(44)50)48(59)54-66(62,63)37-9-10-42(45(21-37)58(60)61)52-26-32-12-17-56(28-32)35-29-64-30-35/h3-4,6-7,9-11,15,20-23,27,31-32,34-35,43,52H,5,8,12-14,16-19,24-26,28-30H2,1-2H3,(H,51,53)(H,54,59)/t32-,43?/m1/s1. The summed E-state index contributed by atoms with van der Waals surface area (Å²) >= 11 is 0. The highest BCUT2D eigenvalue weighted by Gasteiger charge is 2.50. The Morgan fingerprint density at radius 2 is 1.83 bits per heavy atom. The maximum absolute atomic E-state index is 16.4. The molecule has 5 aliphatic rings. The number of nitrogens with zero attached hydrogens (tertiary/aromatic N) is 5. The van der Waals surface area contributed by atoms with Gasteiger partial charge >= 0.3 is 0 Å². The number of anilines is 2. The third kappa shape index (κ3) is 8.73. The maximum Gasteiger partial charge on any atom is 0.293 e. The first-order chi connectivity index (χ1) is 31.8. The van der Waals surface area contributed by atoms with Crippen molar-refractivity contribution in [3.63, 3.8) is 0 Å². The first-order valence-electron chi connectivity index (χ1n) is 23.3. The fourth-order valence-electron chi connectivity index (χ4n) is 11.1. The number of sulfonamides is 1. The van der Waals surface area contributed by atoms with E-state index in [-0.39, 0.29) is 39.8 Å². The molecule has 4 aliphatic heterocycles. The minimum atomic E-state index is -4.68. The summed E-state index contributed by atoms with van der Waals surface area (Å²) in [7, 11) is -4.68. The fourth-order valence-corrected chi connectivity index (χ4v) is 12.1. The number of aromatic nitrogens is 2. The van der Waals surface area contributed by atoms with Gasteiger partial charge in [-0.3, -0.25) is 24.7 Å². The van der Waals surface area contributed by atoms with Crippen molar-refractivity contribution >= 4 is 44.0 Å². The molecule has 4 saturated heterocycles. The minimum Gasteiger partial charge on any atom is -0.455 e. The zero-order valence-electron chi connectivity index (χ0n) is 37.4. The third-order valence-electron chi connectivity index (χ3n) is 14.9. The first kappa shape index (κ1) is 44.2. The van der Waals surface area contributed by atoms with Crippen LogP contribution in [0.4, 0.5) is 21.5 Å². The largest absolute Gasteiger partial charge is 0.455 e. The Balaban J connectivity index is 0.844. The van der Waals surface area contributed by atoms with E-state index in [1.165, 1.54) is 48.4 Å². The summed E-state index contributed by atoms with van der Waals surface area (Å²) in [5, 5.41) is 16.1. The zero-order valence-corrected chi connectivity index (χ0v) is 38.2. The van der Waals surface area contributed by atoms with Gasteiger partial charge in [-0.2, -0.15) is 0 Å². The number of nitro benzene ring substituents is 1. The SMILES string of the molecule is CC(C)c1ccccc1C1CCCN1C1CC2(CCN(c3cc(Oc4cnc5[nH]ccc5c4)c(C(=O)NS(=O)(=O)c4ccc(NC[C@H]5CCN(C6COC6)C5)c([N+](=O)[O-])c4)cc3F)CC2)C1. The fraction of sp³-hybridized carbons (Fsp3) is 0.469. The van der Waals surface area contributed by atoms with Gasteiger partial charge < -0.3 is 24.7 Å². The molecule has 1 saturated carbocycles. The smallest absolute Gasteiger partial charge is 0.293 e. The van der Waals surface area contributed by atoms with Gasteiger partial charge in [-0.15, -0.1) is 0 Å². The van der Waals surface area contributed by atoms with Crippen LogP contribution in [-0.4, -0.2) is 104 Å². The summed E-state index contributed by atoms with van der Waals surface area (Å²) in [6, 6.07) is 19.7. The molecule has 66 heavy (non-hydrogen) atoms. The van der Waals surface area contributed by atoms with Gasteiger partial charge in [0.1, 0.15) is 28.7 Å². The molecule has 6 heterocycles. The van der Waals surface area contributed by atoms with Crippen molar-refractivity contribution in [1.82, 2.24) is 24.5 Å². The number of carbonyl (C=O) groups excluding carboxylic acids is 1. The van der Waals surface area contributed by atoms with E-state index in [0.29, 0.717) is 62.5 Å². The van der Waals surface area contributed by atoms with Gasteiger partial charge in [-0.1, -0.05) is 38.1 Å². The van der Waals surface area contributed by atoms with E-state index in [1.54, 1.807) is 12.3 Å². The van der Waals surface area contributed by atoms with Crippen molar-refractivity contribution in [2.45, 2.75) is 87.7 Å². The Morgan fingerprint density at radius 1 is 1.03 bits per heavy atom. The van der Waals surface area contributed by atoms with Gasteiger partial charge in [0.05, 0.1) is 46.5 Å². The molecule has 0 radical (unpaired) electrons. The van der Waals surface area contributed by atoms with Crippen molar-refractivity contribution < 1.29 is 32.0 Å². The summed E-state index contributed by atoms with van der Waals surface area (Å²) in [6.07, 6.45) is 10.5. The molecule has 348 valence electrons. The zero-order chi connectivity index (χ0) is 45.7. The van der Waals surface area contributed by atoms with E-state index in [1.807, 2.05) is 15.7 Å². The minimum absolute atomic E-state index is 0.0672. The van der Waals surface area contributed by atoms with Gasteiger partial charge in [-0.25, -0.2) is 22.5 Å². The van der Waals surface area contributed by atoms with Crippen LogP contribution in [0.15, 0.2) is 84.0 Å². The lowest BCUT2D eigenvalue weighted by Gasteiger charge is -2.56. The molecule has 1 spiro atoms. The molecular weight excluding hydrogens is 864 g/mol. The number of halogens is 1. The Hall–Kier alpha value is -5.62. The van der Waals surface area contributed by atoms with Crippen molar-refractivity contribution in [3.8, 4) is 11.5 Å². The second-order valence-corrected chi connectivity index (χ2v) is 21.0. The second-order valence-electron chi connectivity index (χ2n) is 19.3. The van der Waals surface area contributed by atoms with Crippen LogP contribution in [0, 0.1) is 27.3 Å². The predicted octanol–water partition coefficient (Wildman–Crippen LogP) is 8.36. The monoisotopic (exact) mass is 920 g/mol. The van der Waals surface area contributed by atoms with E-state index in [0.717, 1.165) is 69.3 Å². The number of pyridine rings is 1. The predicted molar refractivity (Wildman–Crippen MR) is 249 cm³/mol. The topological polar surface area (TPSA) is 175 Å². The van der Waals surface area contributed by atoms with Crippen LogP contribution in [0.3, 0.4) is 0 Å². The van der Waals surface area contributed by atoms with Crippen LogP contribution in [0.5, 0.6) is 11.5 Å². The van der Waals surface area contributed by atoms with Crippen LogP contribution in [0.25, 0.3) is 11.0 Å². The number of amides is 1. The van der Waals surface area contributed by atoms with Crippen LogP contribution in [-0.2, 0) is 14.8 Å². The molecule has 10 rings (SSSR count). The number of carbonyl (C=O) groups is 1. The number of hydrogen-bond donors (Lipinski definition) is 3. The lowest BCUT2D eigenvalue weighted by molar-refractivity contribution is -0.384. The van der Waals surface area contributed by atoms with Gasteiger partial charge in [-0.05, 0) is 117 Å². The van der Waals surface area contributed by atoms with Crippen molar-refractivity contribution in [2.75, 3.05) is 62.7 Å². The molecule has 3 aromatic carbocycles. The van der Waals surface area contributed by atoms with Crippen molar-refractivity contribution in [2.24, 2.45) is 11.3 Å². The summed E-state index contributed by atoms with van der Waals surface area (Å²) in [4.78, 5) is 39.5. The van der Waals surface area contributed by atoms with Gasteiger partial charge in [0.15, 0.2) is 0 Å². The number of likely N-dealkylation sites (tertiary alicyclic amines) is 2. The number of H-pyrrole nitrogens is 1. The summed E-state index contributed by atoms with van der Waals surface area (Å²) < 4.78 is 57.5. The highest BCUT2D eigenvalue weighted by molar-refractivity contribution is 7.90. The van der Waals surface area contributed by atoms with Gasteiger partial charge in [0.25, 0.3) is 21.6 Å². The lowest BCUT2D eigenvalue weighted by atomic mass is 9.59. The molecule has 5 aromatic rings. The lowest BCUT2D eigenvalue weighted by Crippen LogP contribution is -2.55. The Bertz CT molecular complexity index is 2750. The highest BCUT2D eigenvalue weighted by atomic mass is 32.2. The Kier molecular flexibility index (Phi) is 12.0. The molecular formula is C49H57FN8O7S. The normalized spacial score (nSPS) is 21.6. The molecule has 1 amide bonds. The molecule has 5 fully saturated rings. The van der Waals surface area contributed by atoms with Crippen molar-refractivity contribution in [3.05, 3.63) is 112 Å². The summed E-state index contributed by atoms with van der Waals surface area (Å²) in [6.45, 7) is 10.5. The van der Waals surface area contributed by atoms with E-state index in [2.05, 4.69) is 63.2 Å². The highest BCUT2D eigenvalue weighted by Crippen LogP contribution is 2.54. The number of piperidine rings is 1. The van der Waals surface area contributed by atoms with E-state index in [4.69, 9.17) is 9.47 Å². The summed E-state index contributed by atoms with van der Waals surface area (Å²) in [5.41, 5.74) is 3.29. The number of rotatable bonds is 14. The quantitative estimate of drug-likeness (QED) is 0.0718. The van der Waals surface area contributed by atoms with Crippen LogP contribution >= 0.6 is 0 Å². The third-order valence-corrected chi connectivity index (χ3v) is 16.2. The number of aromatic amines is 1. The number of benzene rings is 3.